The lowest BCUT2D eigenvalue weighted by Crippen LogP contribution is -2.36. The molecule has 4 heterocycles. The predicted octanol–water partition coefficient (Wildman–Crippen LogP) is 1.76. The van der Waals surface area contributed by atoms with Gasteiger partial charge in [-0.1, -0.05) is 0 Å². The molecule has 1 fully saturated rings. The monoisotopic (exact) mass is 339 g/mol. The number of ether oxygens (including phenoxy) is 1. The zero-order valence-corrected chi connectivity index (χ0v) is 14.5. The van der Waals surface area contributed by atoms with E-state index < -0.39 is 0 Å². The smallest absolute Gasteiger partial charge is 0.235 e. The normalized spacial score (nSPS) is 15.7. The molecule has 0 bridgehead atoms. The quantitative estimate of drug-likeness (QED) is 0.716. The van der Waals surface area contributed by atoms with Crippen molar-refractivity contribution in [1.29, 1.82) is 0 Å². The van der Waals surface area contributed by atoms with Crippen LogP contribution < -0.4 is 9.64 Å². The summed E-state index contributed by atoms with van der Waals surface area (Å²) in [6.45, 7) is 4.50. The summed E-state index contributed by atoms with van der Waals surface area (Å²) < 4.78 is 7.64. The van der Waals surface area contributed by atoms with E-state index in [2.05, 4.69) is 29.9 Å². The van der Waals surface area contributed by atoms with Gasteiger partial charge in [0.15, 0.2) is 5.65 Å². The SMILES string of the molecule is Cc1nccnc1OCC1CCN(c2ncnc3c2cnn3C)CC1. The molecule has 3 aromatic heterocycles. The third kappa shape index (κ3) is 3.11. The molecule has 0 saturated carbocycles. The summed E-state index contributed by atoms with van der Waals surface area (Å²) >= 11 is 0. The standard InChI is InChI=1S/C17H21N7O/c1-12-17(19-6-5-18-12)25-10-13-3-7-24(8-4-13)16-14-9-22-23(2)15(14)20-11-21-16/h5-6,9,11,13H,3-4,7-8,10H2,1-2H3. The summed E-state index contributed by atoms with van der Waals surface area (Å²) in [7, 11) is 1.90. The highest BCUT2D eigenvalue weighted by molar-refractivity contribution is 5.86. The number of aryl methyl sites for hydroxylation is 2. The summed E-state index contributed by atoms with van der Waals surface area (Å²) in [5.41, 5.74) is 1.70. The highest BCUT2D eigenvalue weighted by Gasteiger charge is 2.23. The van der Waals surface area contributed by atoms with E-state index in [1.165, 1.54) is 0 Å². The Morgan fingerprint density at radius 3 is 2.72 bits per heavy atom. The van der Waals surface area contributed by atoms with Crippen molar-refractivity contribution in [1.82, 2.24) is 29.7 Å². The van der Waals surface area contributed by atoms with Gasteiger partial charge < -0.3 is 9.64 Å². The number of anilines is 1. The number of fused-ring (bicyclic) bond motifs is 1. The van der Waals surface area contributed by atoms with Crippen molar-refractivity contribution in [3.05, 3.63) is 30.6 Å². The lowest BCUT2D eigenvalue weighted by molar-refractivity contribution is 0.214. The van der Waals surface area contributed by atoms with Crippen LogP contribution in [0.2, 0.25) is 0 Å². The minimum absolute atomic E-state index is 0.517. The molecule has 0 aliphatic carbocycles. The average molecular weight is 339 g/mol. The van der Waals surface area contributed by atoms with E-state index in [4.69, 9.17) is 4.74 Å². The van der Waals surface area contributed by atoms with E-state index in [0.29, 0.717) is 18.4 Å². The Balaban J connectivity index is 1.39. The summed E-state index contributed by atoms with van der Waals surface area (Å²) in [6, 6.07) is 0. The molecule has 25 heavy (non-hydrogen) atoms. The van der Waals surface area contributed by atoms with Crippen LogP contribution >= 0.6 is 0 Å². The van der Waals surface area contributed by atoms with Gasteiger partial charge in [-0.05, 0) is 25.7 Å². The second-order valence-electron chi connectivity index (χ2n) is 6.39. The topological polar surface area (TPSA) is 81.8 Å². The van der Waals surface area contributed by atoms with Gasteiger partial charge in [0.25, 0.3) is 0 Å². The fourth-order valence-electron chi connectivity index (χ4n) is 3.25. The first-order valence-electron chi connectivity index (χ1n) is 8.50. The summed E-state index contributed by atoms with van der Waals surface area (Å²) in [4.78, 5) is 19.6. The molecule has 0 N–H and O–H groups in total. The number of nitrogens with zero attached hydrogens (tertiary/aromatic N) is 7. The van der Waals surface area contributed by atoms with Crippen LogP contribution in [-0.2, 0) is 7.05 Å². The van der Waals surface area contributed by atoms with Crippen LogP contribution in [0.25, 0.3) is 11.0 Å². The first-order chi connectivity index (χ1) is 12.2. The van der Waals surface area contributed by atoms with Crippen molar-refractivity contribution < 1.29 is 4.74 Å². The van der Waals surface area contributed by atoms with Gasteiger partial charge in [0.05, 0.1) is 23.9 Å². The van der Waals surface area contributed by atoms with Crippen LogP contribution in [-0.4, -0.2) is 49.4 Å². The third-order valence-electron chi connectivity index (χ3n) is 4.71. The molecule has 8 nitrogen and oxygen atoms in total. The second-order valence-corrected chi connectivity index (χ2v) is 6.39. The maximum Gasteiger partial charge on any atom is 0.235 e. The molecule has 1 saturated heterocycles. The van der Waals surface area contributed by atoms with Crippen LogP contribution in [0.3, 0.4) is 0 Å². The summed E-state index contributed by atoms with van der Waals surface area (Å²) in [5, 5.41) is 5.30. The lowest BCUT2D eigenvalue weighted by atomic mass is 9.97. The molecule has 3 aromatic rings. The van der Waals surface area contributed by atoms with E-state index >= 15 is 0 Å². The Hall–Kier alpha value is -2.77. The summed E-state index contributed by atoms with van der Waals surface area (Å²) in [6.07, 6.45) is 8.93. The molecular formula is C17H21N7O. The van der Waals surface area contributed by atoms with Gasteiger partial charge in [0.1, 0.15) is 12.1 Å². The first-order valence-corrected chi connectivity index (χ1v) is 8.50. The maximum absolute atomic E-state index is 5.86. The number of piperidine rings is 1. The number of hydrogen-bond acceptors (Lipinski definition) is 7. The van der Waals surface area contributed by atoms with Crippen molar-refractivity contribution in [3.63, 3.8) is 0 Å². The molecule has 0 aromatic carbocycles. The van der Waals surface area contributed by atoms with Crippen LogP contribution in [0.4, 0.5) is 5.82 Å². The average Bonchev–Trinajstić information content (AvgIpc) is 3.03. The first kappa shape index (κ1) is 15.7. The second kappa shape index (κ2) is 6.62. The molecule has 0 radical (unpaired) electrons. The molecule has 0 spiro atoms. The van der Waals surface area contributed by atoms with Crippen molar-refractivity contribution in [2.45, 2.75) is 19.8 Å². The van der Waals surface area contributed by atoms with Crippen molar-refractivity contribution >= 4 is 16.9 Å². The molecule has 0 amide bonds. The van der Waals surface area contributed by atoms with Gasteiger partial charge >= 0.3 is 0 Å². The Bertz CT molecular complexity index is 870. The van der Waals surface area contributed by atoms with Gasteiger partial charge in [0, 0.05) is 32.5 Å². The minimum atomic E-state index is 0.517. The van der Waals surface area contributed by atoms with Crippen molar-refractivity contribution in [2.75, 3.05) is 24.6 Å². The molecule has 4 rings (SSSR count). The predicted molar refractivity (Wildman–Crippen MR) is 93.5 cm³/mol. The highest BCUT2D eigenvalue weighted by atomic mass is 16.5. The van der Waals surface area contributed by atoms with Crippen LogP contribution in [0.1, 0.15) is 18.5 Å². The fourth-order valence-corrected chi connectivity index (χ4v) is 3.25. The largest absolute Gasteiger partial charge is 0.476 e. The Morgan fingerprint density at radius 1 is 1.12 bits per heavy atom. The highest BCUT2D eigenvalue weighted by Crippen LogP contribution is 2.27. The molecular weight excluding hydrogens is 318 g/mol. The lowest BCUT2D eigenvalue weighted by Gasteiger charge is -2.32. The van der Waals surface area contributed by atoms with E-state index in [-0.39, 0.29) is 0 Å². The van der Waals surface area contributed by atoms with Crippen molar-refractivity contribution in [3.8, 4) is 5.88 Å². The molecule has 130 valence electrons. The van der Waals surface area contributed by atoms with E-state index in [0.717, 1.165) is 48.5 Å². The molecule has 1 aliphatic rings. The van der Waals surface area contributed by atoms with Crippen LogP contribution in [0.15, 0.2) is 24.9 Å². The number of hydrogen-bond donors (Lipinski definition) is 0. The third-order valence-corrected chi connectivity index (χ3v) is 4.71. The van der Waals surface area contributed by atoms with Gasteiger partial charge in [-0.2, -0.15) is 5.10 Å². The Labute approximate surface area is 145 Å². The van der Waals surface area contributed by atoms with E-state index in [1.54, 1.807) is 23.4 Å². The van der Waals surface area contributed by atoms with E-state index in [9.17, 15) is 0 Å². The fraction of sp³-hybridized carbons (Fsp3) is 0.471. The molecule has 1 aliphatic heterocycles. The van der Waals surface area contributed by atoms with Gasteiger partial charge in [-0.25, -0.2) is 15.0 Å². The maximum atomic E-state index is 5.86. The van der Waals surface area contributed by atoms with Crippen molar-refractivity contribution in [2.24, 2.45) is 13.0 Å². The minimum Gasteiger partial charge on any atom is -0.476 e. The van der Waals surface area contributed by atoms with Crippen LogP contribution in [0, 0.1) is 12.8 Å². The van der Waals surface area contributed by atoms with Gasteiger partial charge in [-0.3, -0.25) is 9.67 Å². The summed E-state index contributed by atoms with van der Waals surface area (Å²) in [5.74, 6) is 2.13. The zero-order chi connectivity index (χ0) is 17.2. The van der Waals surface area contributed by atoms with E-state index in [1.807, 2.05) is 20.2 Å². The van der Waals surface area contributed by atoms with Gasteiger partial charge in [-0.15, -0.1) is 0 Å². The Morgan fingerprint density at radius 2 is 1.92 bits per heavy atom. The number of aromatic nitrogens is 6. The zero-order valence-electron chi connectivity index (χ0n) is 14.5. The molecule has 0 atom stereocenters. The van der Waals surface area contributed by atoms with Crippen LogP contribution in [0.5, 0.6) is 5.88 Å². The molecule has 0 unspecified atom stereocenters. The Kier molecular flexibility index (Phi) is 4.17. The number of rotatable bonds is 4. The van der Waals surface area contributed by atoms with Gasteiger partial charge in [0.2, 0.25) is 5.88 Å². The molecule has 8 heteroatoms.